The third-order valence-electron chi connectivity index (χ3n) is 6.57. The molecule has 0 bridgehead atoms. The van der Waals surface area contributed by atoms with Gasteiger partial charge in [-0.1, -0.05) is 22.0 Å². The quantitative estimate of drug-likeness (QED) is 0.656. The minimum absolute atomic E-state index is 0.232. The summed E-state index contributed by atoms with van der Waals surface area (Å²) in [6, 6.07) is 13.3. The smallest absolute Gasteiger partial charge is 0.322 e. The van der Waals surface area contributed by atoms with E-state index in [1.54, 1.807) is 7.11 Å². The second-order valence-corrected chi connectivity index (χ2v) is 9.65. The standard InChI is InChI=1S/C24H27BrN4O3/c1-32-21-14-29(24(31)27-18-6-3-17(25)4-7-18)22(21)23(30)26-19-5-2-16-13-28(20-8-9-20)11-10-15(16)12-19/h2-7,12,20-22H,8-11,13-14H2,1H3,(H,26,30)(H,27,31)/t21-,22?/m0/s1. The monoisotopic (exact) mass is 498 g/mol. The second-order valence-electron chi connectivity index (χ2n) is 8.73. The Hall–Kier alpha value is -2.42. The Morgan fingerprint density at radius 2 is 1.78 bits per heavy atom. The van der Waals surface area contributed by atoms with Crippen LogP contribution in [0.4, 0.5) is 16.2 Å². The highest BCUT2D eigenvalue weighted by atomic mass is 79.9. The summed E-state index contributed by atoms with van der Waals surface area (Å²) in [5.74, 6) is -0.232. The fraction of sp³-hybridized carbons (Fsp3) is 0.417. The van der Waals surface area contributed by atoms with Crippen LogP contribution in [0, 0.1) is 0 Å². The van der Waals surface area contributed by atoms with Crippen LogP contribution in [0.3, 0.4) is 0 Å². The number of carbonyl (C=O) groups excluding carboxylic acids is 2. The van der Waals surface area contributed by atoms with Crippen LogP contribution in [0.2, 0.25) is 0 Å². The van der Waals surface area contributed by atoms with Gasteiger partial charge in [-0.05, 0) is 66.8 Å². The zero-order chi connectivity index (χ0) is 22.2. The van der Waals surface area contributed by atoms with Gasteiger partial charge in [-0.3, -0.25) is 9.69 Å². The molecule has 1 saturated heterocycles. The Morgan fingerprint density at radius 1 is 1.03 bits per heavy atom. The Morgan fingerprint density at radius 3 is 2.50 bits per heavy atom. The van der Waals surface area contributed by atoms with Gasteiger partial charge in [0.15, 0.2) is 0 Å². The Bertz CT molecular complexity index is 1020. The van der Waals surface area contributed by atoms with E-state index in [0.29, 0.717) is 12.2 Å². The van der Waals surface area contributed by atoms with Crippen molar-refractivity contribution in [3.8, 4) is 0 Å². The average Bonchev–Trinajstić information content (AvgIpc) is 3.60. The van der Waals surface area contributed by atoms with Gasteiger partial charge in [0.05, 0.1) is 6.54 Å². The van der Waals surface area contributed by atoms with Crippen molar-refractivity contribution >= 4 is 39.2 Å². The van der Waals surface area contributed by atoms with E-state index in [1.165, 1.54) is 28.9 Å². The van der Waals surface area contributed by atoms with Gasteiger partial charge in [-0.25, -0.2) is 4.79 Å². The molecule has 2 heterocycles. The lowest BCUT2D eigenvalue weighted by Gasteiger charge is -2.45. The molecule has 5 rings (SSSR count). The number of hydrogen-bond donors (Lipinski definition) is 2. The number of amides is 3. The number of carbonyl (C=O) groups is 2. The Kier molecular flexibility index (Phi) is 5.92. The number of likely N-dealkylation sites (tertiary alicyclic amines) is 1. The Labute approximate surface area is 196 Å². The summed E-state index contributed by atoms with van der Waals surface area (Å²) < 4.78 is 6.37. The highest BCUT2D eigenvalue weighted by Crippen LogP contribution is 2.32. The van der Waals surface area contributed by atoms with Crippen LogP contribution in [0.5, 0.6) is 0 Å². The predicted octanol–water partition coefficient (Wildman–Crippen LogP) is 3.84. The topological polar surface area (TPSA) is 73.9 Å². The van der Waals surface area contributed by atoms with E-state index in [2.05, 4.69) is 43.6 Å². The molecule has 8 heteroatoms. The highest BCUT2D eigenvalue weighted by molar-refractivity contribution is 9.10. The van der Waals surface area contributed by atoms with Crippen LogP contribution in [0.25, 0.3) is 0 Å². The largest absolute Gasteiger partial charge is 0.377 e. The van der Waals surface area contributed by atoms with E-state index in [9.17, 15) is 9.59 Å². The summed E-state index contributed by atoms with van der Waals surface area (Å²) >= 11 is 3.38. The maximum atomic E-state index is 13.1. The van der Waals surface area contributed by atoms with Gasteiger partial charge in [0.25, 0.3) is 0 Å². The number of hydrogen-bond acceptors (Lipinski definition) is 4. The van der Waals surface area contributed by atoms with E-state index in [4.69, 9.17) is 4.74 Å². The van der Waals surface area contributed by atoms with Crippen molar-refractivity contribution in [3.05, 3.63) is 58.1 Å². The number of benzene rings is 2. The van der Waals surface area contributed by atoms with Crippen LogP contribution in [-0.4, -0.2) is 60.1 Å². The number of rotatable bonds is 5. The molecule has 1 aliphatic carbocycles. The van der Waals surface area contributed by atoms with Crippen LogP contribution < -0.4 is 10.6 Å². The molecule has 2 N–H and O–H groups in total. The number of fused-ring (bicyclic) bond motifs is 1. The number of anilines is 2. The maximum Gasteiger partial charge on any atom is 0.322 e. The first kappa shape index (κ1) is 21.4. The molecule has 1 unspecified atom stereocenters. The number of ether oxygens (including phenoxy) is 1. The van der Waals surface area contributed by atoms with Gasteiger partial charge >= 0.3 is 6.03 Å². The lowest BCUT2D eigenvalue weighted by Crippen LogP contribution is -2.68. The minimum Gasteiger partial charge on any atom is -0.377 e. The molecule has 0 radical (unpaired) electrons. The zero-order valence-electron chi connectivity index (χ0n) is 18.0. The van der Waals surface area contributed by atoms with E-state index in [1.807, 2.05) is 30.3 Å². The summed E-state index contributed by atoms with van der Waals surface area (Å²) in [5, 5.41) is 5.85. The summed E-state index contributed by atoms with van der Waals surface area (Å²) in [4.78, 5) is 29.9. The first-order valence-electron chi connectivity index (χ1n) is 11.0. The zero-order valence-corrected chi connectivity index (χ0v) is 19.6. The first-order valence-corrected chi connectivity index (χ1v) is 11.8. The van der Waals surface area contributed by atoms with E-state index >= 15 is 0 Å². The lowest BCUT2D eigenvalue weighted by atomic mass is 9.97. The fourth-order valence-corrected chi connectivity index (χ4v) is 4.81. The van der Waals surface area contributed by atoms with Crippen molar-refractivity contribution < 1.29 is 14.3 Å². The maximum absolute atomic E-state index is 13.1. The summed E-state index contributed by atoms with van der Waals surface area (Å²) in [5.41, 5.74) is 4.08. The molecule has 0 spiro atoms. The van der Waals surface area contributed by atoms with Gasteiger partial charge in [-0.2, -0.15) is 0 Å². The van der Waals surface area contributed by atoms with Gasteiger partial charge in [-0.15, -0.1) is 0 Å². The fourth-order valence-electron chi connectivity index (χ4n) is 4.54. The molecule has 1 saturated carbocycles. The molecule has 2 atom stereocenters. The molecule has 3 amide bonds. The normalized spacial score (nSPS) is 22.6. The minimum atomic E-state index is -0.670. The van der Waals surface area contributed by atoms with Crippen molar-refractivity contribution in [1.82, 2.24) is 9.80 Å². The molecule has 168 valence electrons. The number of nitrogens with zero attached hydrogens (tertiary/aromatic N) is 2. The molecule has 2 aliphatic heterocycles. The number of nitrogens with one attached hydrogen (secondary N) is 2. The van der Waals surface area contributed by atoms with E-state index < -0.39 is 6.04 Å². The number of methoxy groups -OCH3 is 1. The molecule has 3 aliphatic rings. The molecular formula is C24H27BrN4O3. The van der Waals surface area contributed by atoms with Crippen LogP contribution in [0.15, 0.2) is 46.9 Å². The first-order chi connectivity index (χ1) is 15.5. The average molecular weight is 499 g/mol. The Balaban J connectivity index is 1.24. The predicted molar refractivity (Wildman–Crippen MR) is 127 cm³/mol. The van der Waals surface area contributed by atoms with Gasteiger partial charge in [0, 0.05) is 42.1 Å². The molecule has 32 heavy (non-hydrogen) atoms. The second kappa shape index (κ2) is 8.84. The van der Waals surface area contributed by atoms with Crippen molar-refractivity contribution in [1.29, 1.82) is 0 Å². The molecule has 7 nitrogen and oxygen atoms in total. The number of halogens is 1. The third-order valence-corrected chi connectivity index (χ3v) is 7.10. The third kappa shape index (κ3) is 4.40. The van der Waals surface area contributed by atoms with Crippen molar-refractivity contribution in [2.45, 2.75) is 44.0 Å². The summed E-state index contributed by atoms with van der Waals surface area (Å²) in [7, 11) is 1.57. The molecule has 2 aromatic rings. The molecular weight excluding hydrogens is 472 g/mol. The summed E-state index contributed by atoms with van der Waals surface area (Å²) in [6.45, 7) is 2.44. The molecule has 2 aromatic carbocycles. The lowest BCUT2D eigenvalue weighted by molar-refractivity contribution is -0.135. The van der Waals surface area contributed by atoms with Crippen LogP contribution in [0.1, 0.15) is 24.0 Å². The van der Waals surface area contributed by atoms with Gasteiger partial charge < -0.3 is 20.3 Å². The van der Waals surface area contributed by atoms with E-state index in [-0.39, 0.29) is 18.0 Å². The van der Waals surface area contributed by atoms with Crippen molar-refractivity contribution in [2.75, 3.05) is 30.8 Å². The molecule has 0 aromatic heterocycles. The van der Waals surface area contributed by atoms with E-state index in [0.717, 1.165) is 35.7 Å². The molecule has 2 fully saturated rings. The van der Waals surface area contributed by atoms with Gasteiger partial charge in [0.2, 0.25) is 5.91 Å². The van der Waals surface area contributed by atoms with Crippen molar-refractivity contribution in [2.24, 2.45) is 0 Å². The van der Waals surface area contributed by atoms with Crippen molar-refractivity contribution in [3.63, 3.8) is 0 Å². The van der Waals surface area contributed by atoms with Gasteiger partial charge in [0.1, 0.15) is 12.1 Å². The van der Waals surface area contributed by atoms with Crippen LogP contribution >= 0.6 is 15.9 Å². The number of urea groups is 1. The summed E-state index contributed by atoms with van der Waals surface area (Å²) in [6.07, 6.45) is 3.31. The van der Waals surface area contributed by atoms with Crippen LogP contribution in [-0.2, 0) is 22.5 Å². The SMILES string of the molecule is CO[C@H]1CN(C(=O)Nc2ccc(Br)cc2)C1C(=O)Nc1ccc2c(c1)CCN(C1CC1)C2. The highest BCUT2D eigenvalue weighted by Gasteiger charge is 2.47.